The predicted molar refractivity (Wildman–Crippen MR) is 78.9 cm³/mol. The van der Waals surface area contributed by atoms with Crippen LogP contribution in [0.2, 0.25) is 0 Å². The minimum Gasteiger partial charge on any atom is -0.389 e. The summed E-state index contributed by atoms with van der Waals surface area (Å²) in [4.78, 5) is 0.285. The molecule has 112 valence electrons. The molecule has 1 aliphatic carbocycles. The molecule has 5 heteroatoms. The quantitative estimate of drug-likeness (QED) is 0.895. The molecule has 0 saturated heterocycles. The molecule has 0 heterocycles. The maximum atomic E-state index is 12.3. The highest BCUT2D eigenvalue weighted by molar-refractivity contribution is 7.89. The SMILES string of the molecule is Cc1ccccc1S(=O)(=O)NCC1(O)CCCC(C)C1. The van der Waals surface area contributed by atoms with Gasteiger partial charge in [0.1, 0.15) is 0 Å². The number of sulfonamides is 1. The normalized spacial score (nSPS) is 27.4. The van der Waals surface area contributed by atoms with Crippen LogP contribution in [-0.4, -0.2) is 25.7 Å². The maximum Gasteiger partial charge on any atom is 0.240 e. The molecule has 2 rings (SSSR count). The van der Waals surface area contributed by atoms with E-state index in [1.807, 2.05) is 6.07 Å². The zero-order chi connectivity index (χ0) is 14.8. The number of nitrogens with one attached hydrogen (secondary N) is 1. The van der Waals surface area contributed by atoms with Gasteiger partial charge in [-0.1, -0.05) is 38.0 Å². The third kappa shape index (κ3) is 3.59. The van der Waals surface area contributed by atoms with E-state index in [0.29, 0.717) is 24.3 Å². The fraction of sp³-hybridized carbons (Fsp3) is 0.600. The number of aliphatic hydroxyl groups is 1. The molecule has 4 nitrogen and oxygen atoms in total. The smallest absolute Gasteiger partial charge is 0.240 e. The Kier molecular flexibility index (Phi) is 4.52. The van der Waals surface area contributed by atoms with E-state index in [1.165, 1.54) is 0 Å². The van der Waals surface area contributed by atoms with E-state index in [1.54, 1.807) is 25.1 Å². The number of hydrogen-bond donors (Lipinski definition) is 2. The van der Waals surface area contributed by atoms with Crippen LogP contribution in [0.5, 0.6) is 0 Å². The van der Waals surface area contributed by atoms with Crippen molar-refractivity contribution in [3.63, 3.8) is 0 Å². The van der Waals surface area contributed by atoms with Crippen molar-refractivity contribution >= 4 is 10.0 Å². The Labute approximate surface area is 121 Å². The van der Waals surface area contributed by atoms with Gasteiger partial charge in [-0.3, -0.25) is 0 Å². The summed E-state index contributed by atoms with van der Waals surface area (Å²) >= 11 is 0. The second kappa shape index (κ2) is 5.84. The van der Waals surface area contributed by atoms with Crippen LogP contribution < -0.4 is 4.72 Å². The van der Waals surface area contributed by atoms with Crippen molar-refractivity contribution in [3.8, 4) is 0 Å². The minimum atomic E-state index is -3.56. The van der Waals surface area contributed by atoms with Crippen LogP contribution in [0.3, 0.4) is 0 Å². The van der Waals surface area contributed by atoms with Crippen molar-refractivity contribution in [2.75, 3.05) is 6.54 Å². The molecule has 1 saturated carbocycles. The summed E-state index contributed by atoms with van der Waals surface area (Å²) in [6, 6.07) is 6.88. The lowest BCUT2D eigenvalue weighted by Gasteiger charge is -2.35. The van der Waals surface area contributed by atoms with E-state index in [-0.39, 0.29) is 11.4 Å². The van der Waals surface area contributed by atoms with E-state index in [2.05, 4.69) is 11.6 Å². The molecule has 0 bridgehead atoms. The average molecular weight is 297 g/mol. The standard InChI is InChI=1S/C15H23NO3S/c1-12-6-5-9-15(17,10-12)11-16-20(18,19)14-8-4-3-7-13(14)2/h3-4,7-8,12,16-17H,5-6,9-11H2,1-2H3. The largest absolute Gasteiger partial charge is 0.389 e. The minimum absolute atomic E-state index is 0.0913. The molecule has 0 aromatic heterocycles. The molecular weight excluding hydrogens is 274 g/mol. The summed E-state index contributed by atoms with van der Waals surface area (Å²) in [6.45, 7) is 3.96. The van der Waals surface area contributed by atoms with Gasteiger partial charge in [0.2, 0.25) is 10.0 Å². The number of aryl methyl sites for hydroxylation is 1. The van der Waals surface area contributed by atoms with Crippen molar-refractivity contribution < 1.29 is 13.5 Å². The van der Waals surface area contributed by atoms with Gasteiger partial charge in [0, 0.05) is 6.54 Å². The van der Waals surface area contributed by atoms with Gasteiger partial charge in [0.25, 0.3) is 0 Å². The van der Waals surface area contributed by atoms with E-state index < -0.39 is 15.6 Å². The molecule has 2 unspecified atom stereocenters. The summed E-state index contributed by atoms with van der Waals surface area (Å²) in [5.41, 5.74) is -0.197. The van der Waals surface area contributed by atoms with Crippen LogP contribution in [0.25, 0.3) is 0 Å². The first kappa shape index (κ1) is 15.5. The van der Waals surface area contributed by atoms with Gasteiger partial charge in [-0.15, -0.1) is 0 Å². The molecule has 0 aliphatic heterocycles. The van der Waals surface area contributed by atoms with E-state index in [0.717, 1.165) is 12.8 Å². The summed E-state index contributed by atoms with van der Waals surface area (Å²) in [5.74, 6) is 0.441. The molecule has 2 N–H and O–H groups in total. The number of rotatable bonds is 4. The molecule has 20 heavy (non-hydrogen) atoms. The van der Waals surface area contributed by atoms with Gasteiger partial charge >= 0.3 is 0 Å². The molecule has 1 fully saturated rings. The van der Waals surface area contributed by atoms with Crippen molar-refractivity contribution in [3.05, 3.63) is 29.8 Å². The van der Waals surface area contributed by atoms with Crippen LogP contribution in [0.1, 0.15) is 38.2 Å². The fourth-order valence-corrected chi connectivity index (χ4v) is 4.32. The second-order valence-corrected chi connectivity index (χ2v) is 7.75. The Hall–Kier alpha value is -0.910. The average Bonchev–Trinajstić information content (AvgIpc) is 2.37. The monoisotopic (exact) mass is 297 g/mol. The van der Waals surface area contributed by atoms with Crippen molar-refractivity contribution in [2.24, 2.45) is 5.92 Å². The van der Waals surface area contributed by atoms with Gasteiger partial charge in [-0.2, -0.15) is 0 Å². The maximum absolute atomic E-state index is 12.3. The highest BCUT2D eigenvalue weighted by atomic mass is 32.2. The lowest BCUT2D eigenvalue weighted by Crippen LogP contribution is -2.45. The van der Waals surface area contributed by atoms with Gasteiger partial charge < -0.3 is 5.11 Å². The summed E-state index contributed by atoms with van der Waals surface area (Å²) in [5, 5.41) is 10.5. The topological polar surface area (TPSA) is 66.4 Å². The molecule has 0 amide bonds. The lowest BCUT2D eigenvalue weighted by molar-refractivity contribution is -0.00751. The van der Waals surface area contributed by atoms with Crippen LogP contribution in [0, 0.1) is 12.8 Å². The van der Waals surface area contributed by atoms with Gasteiger partial charge in [0.05, 0.1) is 10.5 Å². The first-order valence-corrected chi connectivity index (χ1v) is 8.58. The van der Waals surface area contributed by atoms with Crippen molar-refractivity contribution in [1.29, 1.82) is 0 Å². The Morgan fingerprint density at radius 2 is 2.10 bits per heavy atom. The highest BCUT2D eigenvalue weighted by Crippen LogP contribution is 2.32. The van der Waals surface area contributed by atoms with Crippen LogP contribution >= 0.6 is 0 Å². The van der Waals surface area contributed by atoms with Crippen molar-refractivity contribution in [2.45, 2.75) is 50.0 Å². The first-order chi connectivity index (χ1) is 9.32. The third-order valence-corrected chi connectivity index (χ3v) is 5.60. The lowest BCUT2D eigenvalue weighted by atomic mass is 9.79. The number of hydrogen-bond acceptors (Lipinski definition) is 3. The van der Waals surface area contributed by atoms with E-state index >= 15 is 0 Å². The van der Waals surface area contributed by atoms with E-state index in [4.69, 9.17) is 0 Å². The summed E-state index contributed by atoms with van der Waals surface area (Å²) in [7, 11) is -3.56. The number of benzene rings is 1. The molecule has 1 aromatic rings. The summed E-state index contributed by atoms with van der Waals surface area (Å²) in [6.07, 6.45) is 3.37. The predicted octanol–water partition coefficient (Wildman–Crippen LogP) is 2.21. The Bertz CT molecular complexity index is 570. The molecule has 1 aromatic carbocycles. The zero-order valence-corrected chi connectivity index (χ0v) is 12.9. The fourth-order valence-electron chi connectivity index (χ4n) is 2.96. The Morgan fingerprint density at radius 1 is 1.40 bits per heavy atom. The molecule has 1 aliphatic rings. The first-order valence-electron chi connectivity index (χ1n) is 7.10. The molecule has 0 spiro atoms. The van der Waals surface area contributed by atoms with Crippen LogP contribution in [0.15, 0.2) is 29.2 Å². The van der Waals surface area contributed by atoms with Crippen molar-refractivity contribution in [1.82, 2.24) is 4.72 Å². The highest BCUT2D eigenvalue weighted by Gasteiger charge is 2.34. The molecule has 0 radical (unpaired) electrons. The molecular formula is C15H23NO3S. The van der Waals surface area contributed by atoms with Crippen LogP contribution in [0.4, 0.5) is 0 Å². The molecule has 2 atom stereocenters. The Balaban J connectivity index is 2.08. The van der Waals surface area contributed by atoms with Crippen LogP contribution in [-0.2, 0) is 10.0 Å². The van der Waals surface area contributed by atoms with Gasteiger partial charge in [0.15, 0.2) is 0 Å². The van der Waals surface area contributed by atoms with Gasteiger partial charge in [-0.25, -0.2) is 13.1 Å². The Morgan fingerprint density at radius 3 is 2.75 bits per heavy atom. The second-order valence-electron chi connectivity index (χ2n) is 6.02. The van der Waals surface area contributed by atoms with E-state index in [9.17, 15) is 13.5 Å². The zero-order valence-electron chi connectivity index (χ0n) is 12.1. The van der Waals surface area contributed by atoms with Gasteiger partial charge in [-0.05, 0) is 37.3 Å². The third-order valence-electron chi connectivity index (χ3n) is 4.04. The summed E-state index contributed by atoms with van der Waals surface area (Å²) < 4.78 is 27.2.